The van der Waals surface area contributed by atoms with E-state index in [-0.39, 0.29) is 24.4 Å². The van der Waals surface area contributed by atoms with Gasteiger partial charge in [0.25, 0.3) is 5.91 Å². The highest BCUT2D eigenvalue weighted by atomic mass is 32.1. The molecule has 4 heterocycles. The maximum atomic E-state index is 13.3. The van der Waals surface area contributed by atoms with Gasteiger partial charge in [-0.05, 0) is 37.3 Å². The maximum Gasteiger partial charge on any atom is 0.308 e. The van der Waals surface area contributed by atoms with Gasteiger partial charge in [0.1, 0.15) is 0 Å². The van der Waals surface area contributed by atoms with Crippen molar-refractivity contribution in [3.8, 4) is 10.6 Å². The Bertz CT molecular complexity index is 1040. The first-order chi connectivity index (χ1) is 13.4. The highest BCUT2D eigenvalue weighted by molar-refractivity contribution is 7.13. The van der Waals surface area contributed by atoms with Crippen LogP contribution in [0.15, 0.2) is 29.8 Å². The molecule has 28 heavy (non-hydrogen) atoms. The van der Waals surface area contributed by atoms with Crippen LogP contribution in [0.4, 0.5) is 0 Å². The van der Waals surface area contributed by atoms with E-state index in [1.807, 2.05) is 49.0 Å². The van der Waals surface area contributed by atoms with Crippen LogP contribution in [0.25, 0.3) is 21.6 Å². The number of rotatable bonds is 4. The summed E-state index contributed by atoms with van der Waals surface area (Å²) in [5, 5.41) is 16.5. The normalized spacial score (nSPS) is 19.6. The third kappa shape index (κ3) is 3.07. The molecule has 1 aliphatic rings. The number of carboxylic acid groups (broad SMARTS) is 1. The van der Waals surface area contributed by atoms with Crippen LogP contribution in [0.3, 0.4) is 0 Å². The number of amides is 1. The molecule has 1 aliphatic heterocycles. The molecule has 0 spiro atoms. The van der Waals surface area contributed by atoms with E-state index in [2.05, 4.69) is 5.10 Å². The van der Waals surface area contributed by atoms with E-state index in [9.17, 15) is 14.7 Å². The predicted molar refractivity (Wildman–Crippen MR) is 107 cm³/mol. The second-order valence-electron chi connectivity index (χ2n) is 7.58. The third-order valence-electron chi connectivity index (χ3n) is 5.28. The van der Waals surface area contributed by atoms with E-state index in [1.165, 1.54) is 0 Å². The molecule has 0 saturated carbocycles. The van der Waals surface area contributed by atoms with Crippen LogP contribution in [-0.2, 0) is 4.79 Å². The Morgan fingerprint density at radius 1 is 1.32 bits per heavy atom. The number of carbonyl (C=O) groups excluding carboxylic acids is 1. The van der Waals surface area contributed by atoms with Crippen LogP contribution >= 0.6 is 11.3 Å². The summed E-state index contributed by atoms with van der Waals surface area (Å²) < 4.78 is 1.82. The number of fused-ring (bicyclic) bond motifs is 1. The molecule has 0 radical (unpaired) electrons. The van der Waals surface area contributed by atoms with E-state index in [0.29, 0.717) is 23.1 Å². The van der Waals surface area contributed by atoms with Crippen molar-refractivity contribution in [2.24, 2.45) is 11.8 Å². The molecular weight excluding hydrogens is 376 g/mol. The molecule has 8 heteroatoms. The van der Waals surface area contributed by atoms with Crippen LogP contribution in [-0.4, -0.2) is 49.7 Å². The molecule has 3 aromatic rings. The lowest BCUT2D eigenvalue weighted by molar-refractivity contribution is -0.142. The highest BCUT2D eigenvalue weighted by Gasteiger charge is 2.38. The molecule has 146 valence electrons. The van der Waals surface area contributed by atoms with Crippen LogP contribution < -0.4 is 0 Å². The highest BCUT2D eigenvalue weighted by Crippen LogP contribution is 2.31. The lowest BCUT2D eigenvalue weighted by atomic mass is 9.99. The van der Waals surface area contributed by atoms with Crippen molar-refractivity contribution in [1.29, 1.82) is 0 Å². The zero-order chi connectivity index (χ0) is 20.0. The number of pyridine rings is 1. The molecule has 1 fully saturated rings. The summed E-state index contributed by atoms with van der Waals surface area (Å²) in [6.45, 7) is 6.58. The molecule has 4 rings (SSSR count). The van der Waals surface area contributed by atoms with Crippen molar-refractivity contribution in [3.05, 3.63) is 35.3 Å². The minimum atomic E-state index is -0.852. The molecule has 0 bridgehead atoms. The molecule has 0 aliphatic carbocycles. The van der Waals surface area contributed by atoms with Gasteiger partial charge in [0.05, 0.1) is 33.6 Å². The smallest absolute Gasteiger partial charge is 0.308 e. The Hall–Kier alpha value is -2.74. The molecule has 7 nitrogen and oxygen atoms in total. The van der Waals surface area contributed by atoms with E-state index in [1.54, 1.807) is 22.4 Å². The second-order valence-corrected chi connectivity index (χ2v) is 8.53. The molecule has 0 aromatic carbocycles. The average Bonchev–Trinajstić information content (AvgIpc) is 3.38. The number of hydrogen-bond donors (Lipinski definition) is 1. The van der Waals surface area contributed by atoms with Crippen molar-refractivity contribution >= 4 is 34.2 Å². The number of aromatic nitrogens is 3. The van der Waals surface area contributed by atoms with E-state index < -0.39 is 11.9 Å². The van der Waals surface area contributed by atoms with Gasteiger partial charge in [-0.3, -0.25) is 9.59 Å². The number of thiophene rings is 1. The van der Waals surface area contributed by atoms with Gasteiger partial charge in [0.2, 0.25) is 0 Å². The van der Waals surface area contributed by atoms with Crippen LogP contribution in [0.2, 0.25) is 0 Å². The fourth-order valence-electron chi connectivity index (χ4n) is 3.75. The Morgan fingerprint density at radius 3 is 2.71 bits per heavy atom. The zero-order valence-electron chi connectivity index (χ0n) is 16.0. The first-order valence-electron chi connectivity index (χ1n) is 9.31. The summed E-state index contributed by atoms with van der Waals surface area (Å²) in [7, 11) is 0. The quantitative estimate of drug-likeness (QED) is 0.726. The van der Waals surface area contributed by atoms with Crippen molar-refractivity contribution in [1.82, 2.24) is 19.7 Å². The van der Waals surface area contributed by atoms with Gasteiger partial charge in [-0.25, -0.2) is 9.67 Å². The van der Waals surface area contributed by atoms with Gasteiger partial charge in [0.15, 0.2) is 5.65 Å². The summed E-state index contributed by atoms with van der Waals surface area (Å²) in [5.41, 5.74) is 1.93. The molecular formula is C20H22N4O3S. The Labute approximate surface area is 166 Å². The molecule has 1 saturated heterocycles. The van der Waals surface area contributed by atoms with Crippen molar-refractivity contribution < 1.29 is 14.7 Å². The summed E-state index contributed by atoms with van der Waals surface area (Å²) in [6, 6.07) is 5.84. The maximum absolute atomic E-state index is 13.3. The molecule has 3 aromatic heterocycles. The van der Waals surface area contributed by atoms with Gasteiger partial charge in [-0.1, -0.05) is 13.0 Å². The number of likely N-dealkylation sites (tertiary alicyclic amines) is 1. The first kappa shape index (κ1) is 18.6. The minimum Gasteiger partial charge on any atom is -0.481 e. The lowest BCUT2D eigenvalue weighted by Crippen LogP contribution is -2.30. The topological polar surface area (TPSA) is 88.3 Å². The number of nitrogens with zero attached hydrogens (tertiary/aromatic N) is 4. The SMILES string of the molecule is CC(C)n1ncc2c(C(=O)N3C[C@@H](C)[C@H](C(=O)O)C3)cc(-c3cccs3)nc21. The molecule has 0 unspecified atom stereocenters. The number of carboxylic acids is 1. The number of carbonyl (C=O) groups is 2. The van der Waals surface area contributed by atoms with Crippen LogP contribution in [0.5, 0.6) is 0 Å². The Morgan fingerprint density at radius 2 is 2.11 bits per heavy atom. The lowest BCUT2D eigenvalue weighted by Gasteiger charge is -2.17. The Kier molecular flexibility index (Phi) is 4.66. The van der Waals surface area contributed by atoms with E-state index in [0.717, 1.165) is 10.6 Å². The third-order valence-corrected chi connectivity index (χ3v) is 6.17. The van der Waals surface area contributed by atoms with Crippen molar-refractivity contribution in [2.45, 2.75) is 26.8 Å². The standard InChI is InChI=1S/C20H22N4O3S/c1-11(2)24-18-14(8-21-24)13(7-16(22-18)17-5-4-6-28-17)19(25)23-9-12(3)15(10-23)20(26)27/h4-8,11-12,15H,9-10H2,1-3H3,(H,26,27)/t12-,15-/m1/s1. The summed E-state index contributed by atoms with van der Waals surface area (Å²) >= 11 is 1.56. The van der Waals surface area contributed by atoms with Gasteiger partial charge < -0.3 is 10.0 Å². The van der Waals surface area contributed by atoms with E-state index >= 15 is 0 Å². The second kappa shape index (κ2) is 7.01. The molecule has 1 N–H and O–H groups in total. The average molecular weight is 398 g/mol. The van der Waals surface area contributed by atoms with Gasteiger partial charge in [0, 0.05) is 19.1 Å². The fourth-order valence-corrected chi connectivity index (χ4v) is 4.43. The first-order valence-corrected chi connectivity index (χ1v) is 10.2. The number of hydrogen-bond acceptors (Lipinski definition) is 5. The fraction of sp³-hybridized carbons (Fsp3) is 0.400. The van der Waals surface area contributed by atoms with Crippen LogP contribution in [0, 0.1) is 11.8 Å². The number of aliphatic carboxylic acids is 1. The predicted octanol–water partition coefficient (Wildman–Crippen LogP) is 3.53. The summed E-state index contributed by atoms with van der Waals surface area (Å²) in [6.07, 6.45) is 1.68. The minimum absolute atomic E-state index is 0.0751. The molecule has 2 atom stereocenters. The van der Waals surface area contributed by atoms with Crippen molar-refractivity contribution in [3.63, 3.8) is 0 Å². The largest absolute Gasteiger partial charge is 0.481 e. The van der Waals surface area contributed by atoms with E-state index in [4.69, 9.17) is 4.98 Å². The molecule has 1 amide bonds. The van der Waals surface area contributed by atoms with Gasteiger partial charge in [-0.2, -0.15) is 5.10 Å². The summed E-state index contributed by atoms with van der Waals surface area (Å²) in [4.78, 5) is 32.2. The Balaban J connectivity index is 1.82. The van der Waals surface area contributed by atoms with Gasteiger partial charge >= 0.3 is 5.97 Å². The van der Waals surface area contributed by atoms with Gasteiger partial charge in [-0.15, -0.1) is 11.3 Å². The summed E-state index contributed by atoms with van der Waals surface area (Å²) in [5.74, 6) is -1.62. The monoisotopic (exact) mass is 398 g/mol. The zero-order valence-corrected chi connectivity index (χ0v) is 16.8. The van der Waals surface area contributed by atoms with Crippen LogP contribution in [0.1, 0.15) is 37.2 Å². The van der Waals surface area contributed by atoms with Crippen molar-refractivity contribution in [2.75, 3.05) is 13.1 Å².